The van der Waals surface area contributed by atoms with Crippen molar-refractivity contribution in [2.24, 2.45) is 0 Å². The summed E-state index contributed by atoms with van der Waals surface area (Å²) >= 11 is 3.78. The molecule has 0 saturated carbocycles. The molecule has 0 radical (unpaired) electrons. The van der Waals surface area contributed by atoms with Crippen LogP contribution in [0.2, 0.25) is 0 Å². The lowest BCUT2D eigenvalue weighted by Gasteiger charge is -2.10. The Morgan fingerprint density at radius 2 is 1.14 bits per heavy atom. The number of thiophene rings is 2. The van der Waals surface area contributed by atoms with E-state index in [4.69, 9.17) is 9.97 Å². The van der Waals surface area contributed by atoms with E-state index in [1.807, 2.05) is 34.8 Å². The zero-order chi connectivity index (χ0) is 28.3. The molecule has 5 heteroatoms. The highest BCUT2D eigenvalue weighted by Crippen LogP contribution is 2.49. The summed E-state index contributed by atoms with van der Waals surface area (Å²) in [6.45, 7) is 0. The first-order valence-corrected chi connectivity index (χ1v) is 15.9. The van der Waals surface area contributed by atoms with Gasteiger partial charge in [-0.25, -0.2) is 9.97 Å². The van der Waals surface area contributed by atoms with Crippen molar-refractivity contribution >= 4 is 63.3 Å². The van der Waals surface area contributed by atoms with Crippen LogP contribution in [0.4, 0.5) is 0 Å². The number of rotatable bonds is 4. The maximum Gasteiger partial charge on any atom is 0.160 e. The highest BCUT2D eigenvalue weighted by Gasteiger charge is 2.22. The predicted octanol–water partition coefficient (Wildman–Crippen LogP) is 11.0. The lowest BCUT2D eigenvalue weighted by molar-refractivity contribution is 1.18. The molecule has 0 amide bonds. The van der Waals surface area contributed by atoms with Crippen LogP contribution in [-0.4, -0.2) is 14.5 Å². The Bertz CT molecular complexity index is 2380. The van der Waals surface area contributed by atoms with E-state index in [2.05, 4.69) is 132 Å². The van der Waals surface area contributed by atoms with Gasteiger partial charge in [-0.15, -0.1) is 22.7 Å². The van der Waals surface area contributed by atoms with Gasteiger partial charge in [0.25, 0.3) is 0 Å². The van der Waals surface area contributed by atoms with Gasteiger partial charge in [-0.2, -0.15) is 0 Å². The molecule has 5 aromatic carbocycles. The molecule has 0 aliphatic heterocycles. The molecular formula is C38H23N3S2. The fraction of sp³-hybridized carbons (Fsp3) is 0. The van der Waals surface area contributed by atoms with Gasteiger partial charge >= 0.3 is 0 Å². The van der Waals surface area contributed by atoms with Gasteiger partial charge in [0.1, 0.15) is 0 Å². The summed E-state index contributed by atoms with van der Waals surface area (Å²) in [7, 11) is 0. The van der Waals surface area contributed by atoms with Gasteiger partial charge in [-0.05, 0) is 42.5 Å². The van der Waals surface area contributed by atoms with Crippen LogP contribution in [0.25, 0.3) is 80.2 Å². The second kappa shape index (κ2) is 9.73. The minimum absolute atomic E-state index is 0.728. The quantitative estimate of drug-likeness (QED) is 0.206. The number of aromatic nitrogens is 3. The van der Waals surface area contributed by atoms with Crippen molar-refractivity contribution < 1.29 is 0 Å². The molecule has 43 heavy (non-hydrogen) atoms. The molecule has 0 spiro atoms. The van der Waals surface area contributed by atoms with Gasteiger partial charge in [-0.3, -0.25) is 0 Å². The number of benzene rings is 5. The molecule has 0 fully saturated rings. The van der Waals surface area contributed by atoms with E-state index < -0.39 is 0 Å². The van der Waals surface area contributed by atoms with E-state index in [0.29, 0.717) is 0 Å². The maximum absolute atomic E-state index is 5.11. The smallest absolute Gasteiger partial charge is 0.160 e. The van der Waals surface area contributed by atoms with E-state index in [9.17, 15) is 0 Å². The van der Waals surface area contributed by atoms with E-state index in [0.717, 1.165) is 33.9 Å². The maximum atomic E-state index is 5.11. The van der Waals surface area contributed by atoms with Crippen LogP contribution in [0.1, 0.15) is 0 Å². The zero-order valence-electron chi connectivity index (χ0n) is 22.9. The monoisotopic (exact) mass is 585 g/mol. The van der Waals surface area contributed by atoms with Crippen molar-refractivity contribution in [3.63, 3.8) is 0 Å². The number of para-hydroxylation sites is 1. The molecule has 0 saturated heterocycles. The van der Waals surface area contributed by atoms with Gasteiger partial charge in [0.05, 0.1) is 31.1 Å². The Balaban J connectivity index is 1.33. The fourth-order valence-corrected chi connectivity index (χ4v) is 8.76. The molecule has 4 aromatic heterocycles. The second-order valence-corrected chi connectivity index (χ2v) is 13.0. The highest BCUT2D eigenvalue weighted by molar-refractivity contribution is 7.45. The zero-order valence-corrected chi connectivity index (χ0v) is 24.6. The molecule has 202 valence electrons. The normalized spacial score (nSPS) is 11.7. The van der Waals surface area contributed by atoms with E-state index in [1.54, 1.807) is 0 Å². The molecule has 4 heterocycles. The van der Waals surface area contributed by atoms with Crippen LogP contribution in [0, 0.1) is 0 Å². The Morgan fingerprint density at radius 1 is 0.512 bits per heavy atom. The Morgan fingerprint density at radius 3 is 1.84 bits per heavy atom. The lowest BCUT2D eigenvalue weighted by atomic mass is 10.1. The van der Waals surface area contributed by atoms with Crippen molar-refractivity contribution in [2.45, 2.75) is 0 Å². The van der Waals surface area contributed by atoms with Crippen LogP contribution < -0.4 is 0 Å². The summed E-state index contributed by atoms with van der Waals surface area (Å²) in [5.41, 5.74) is 8.63. The lowest BCUT2D eigenvalue weighted by Crippen LogP contribution is -1.96. The molecule has 0 aliphatic carbocycles. The van der Waals surface area contributed by atoms with E-state index >= 15 is 0 Å². The van der Waals surface area contributed by atoms with Crippen LogP contribution in [0.15, 0.2) is 140 Å². The fourth-order valence-electron chi connectivity index (χ4n) is 6.08. The van der Waals surface area contributed by atoms with E-state index in [-0.39, 0.29) is 0 Å². The van der Waals surface area contributed by atoms with Crippen LogP contribution in [0.5, 0.6) is 0 Å². The first-order chi connectivity index (χ1) is 21.3. The predicted molar refractivity (Wildman–Crippen MR) is 183 cm³/mol. The third-order valence-electron chi connectivity index (χ3n) is 8.05. The molecule has 3 nitrogen and oxygen atoms in total. The summed E-state index contributed by atoms with van der Waals surface area (Å²) in [5.74, 6) is 0.728. The Kier molecular flexibility index (Phi) is 5.54. The summed E-state index contributed by atoms with van der Waals surface area (Å²) in [6.07, 6.45) is 0. The first-order valence-electron chi connectivity index (χ1n) is 14.3. The number of hydrogen-bond acceptors (Lipinski definition) is 4. The highest BCUT2D eigenvalue weighted by atomic mass is 32.2. The van der Waals surface area contributed by atoms with Crippen molar-refractivity contribution in [2.75, 3.05) is 0 Å². The molecule has 0 N–H and O–H groups in total. The summed E-state index contributed by atoms with van der Waals surface area (Å²) in [6, 6.07) is 49.0. The average molecular weight is 586 g/mol. The van der Waals surface area contributed by atoms with E-state index in [1.165, 1.54) is 46.3 Å². The topological polar surface area (TPSA) is 30.7 Å². The van der Waals surface area contributed by atoms with Gasteiger partial charge in [0.15, 0.2) is 5.82 Å². The molecule has 9 rings (SSSR count). The molecule has 9 aromatic rings. The Hall–Kier alpha value is -5.10. The summed E-state index contributed by atoms with van der Waals surface area (Å²) in [5, 5.41) is 3.89. The van der Waals surface area contributed by atoms with Gasteiger partial charge < -0.3 is 4.57 Å². The van der Waals surface area contributed by atoms with Crippen molar-refractivity contribution in [1.29, 1.82) is 0 Å². The molecule has 0 aliphatic rings. The number of fused-ring (bicyclic) bond motifs is 7. The van der Waals surface area contributed by atoms with Crippen molar-refractivity contribution in [1.82, 2.24) is 14.5 Å². The number of hydrogen-bond donors (Lipinski definition) is 0. The SMILES string of the molecule is c1ccc(-c2cc(-c3ccccc3)nc(-c3ccc4c(c3)c3sc5sc6ccccc6c5c3n4-c3ccccc3)n2)cc1. The summed E-state index contributed by atoms with van der Waals surface area (Å²) in [4.78, 5) is 10.2. The Labute approximate surface area is 256 Å². The van der Waals surface area contributed by atoms with Crippen molar-refractivity contribution in [3.05, 3.63) is 140 Å². The van der Waals surface area contributed by atoms with Gasteiger partial charge in [0.2, 0.25) is 0 Å². The minimum atomic E-state index is 0.728. The molecule has 0 unspecified atom stereocenters. The molecular weight excluding hydrogens is 563 g/mol. The van der Waals surface area contributed by atoms with Gasteiger partial charge in [0, 0.05) is 43.2 Å². The minimum Gasteiger partial charge on any atom is -0.308 e. The van der Waals surface area contributed by atoms with Crippen molar-refractivity contribution in [3.8, 4) is 39.6 Å². The third kappa shape index (κ3) is 3.93. The first kappa shape index (κ1) is 24.5. The third-order valence-corrected chi connectivity index (χ3v) is 10.5. The van der Waals surface area contributed by atoms with Crippen LogP contribution in [0.3, 0.4) is 0 Å². The van der Waals surface area contributed by atoms with Crippen LogP contribution >= 0.6 is 22.7 Å². The number of nitrogens with zero attached hydrogens (tertiary/aromatic N) is 3. The largest absolute Gasteiger partial charge is 0.308 e. The standard InChI is InChI=1S/C38H23N3S2/c1-4-12-24(13-5-1)30-23-31(25-14-6-2-7-15-25)40-37(39-30)26-20-21-32-29(22-26)36-35(41(32)27-16-8-3-9-17-27)34-28-18-10-11-19-33(28)42-38(34)43-36/h1-23H. The molecule has 0 atom stereocenters. The van der Waals surface area contributed by atoms with Gasteiger partial charge in [-0.1, -0.05) is 97.1 Å². The average Bonchev–Trinajstić information content (AvgIpc) is 3.72. The second-order valence-electron chi connectivity index (χ2n) is 10.6. The molecule has 0 bridgehead atoms. The van der Waals surface area contributed by atoms with Crippen LogP contribution in [-0.2, 0) is 0 Å². The summed E-state index contributed by atoms with van der Waals surface area (Å²) < 4.78 is 6.42.